The number of methoxy groups -OCH3 is 1. The standard InChI is InChI=1S/C29H32N6O4/c1-21-19-23(7-10-25(21)29(36)32-13-18-38-17-11-30)34-27-28-33-20-26(35(28)14-12-31-27)22-5-8-24(9-6-22)39-16-4-3-15-37-2/h5-10,12,14,19-20H,11,13,15-18,30H2,1-2H3,(H,31,34)(H,32,36). The van der Waals surface area contributed by atoms with Crippen LogP contribution in [0.2, 0.25) is 0 Å². The molecule has 2 aromatic carbocycles. The van der Waals surface area contributed by atoms with Crippen LogP contribution in [0.25, 0.3) is 16.9 Å². The zero-order valence-corrected chi connectivity index (χ0v) is 22.1. The number of anilines is 2. The van der Waals surface area contributed by atoms with Gasteiger partial charge in [-0.05, 0) is 55.0 Å². The van der Waals surface area contributed by atoms with E-state index in [0.29, 0.717) is 56.5 Å². The molecule has 2 heterocycles. The minimum atomic E-state index is -0.149. The van der Waals surface area contributed by atoms with Crippen molar-refractivity contribution in [2.24, 2.45) is 5.73 Å². The normalized spacial score (nSPS) is 10.6. The summed E-state index contributed by atoms with van der Waals surface area (Å²) in [5.41, 5.74) is 10.2. The van der Waals surface area contributed by atoms with Gasteiger partial charge in [0.1, 0.15) is 19.0 Å². The topological polar surface area (TPSA) is 125 Å². The van der Waals surface area contributed by atoms with E-state index in [-0.39, 0.29) is 5.91 Å². The van der Waals surface area contributed by atoms with Crippen LogP contribution < -0.4 is 21.1 Å². The summed E-state index contributed by atoms with van der Waals surface area (Å²) in [4.78, 5) is 21.6. The van der Waals surface area contributed by atoms with Crippen LogP contribution in [0.5, 0.6) is 5.75 Å². The SMILES string of the molecule is COCC#CCOc1ccc(-c2cnc3c(Nc4ccc(C(=O)NCCOCCN)c(C)c4)nccn23)cc1. The highest BCUT2D eigenvalue weighted by Gasteiger charge is 2.13. The predicted octanol–water partition coefficient (Wildman–Crippen LogP) is 3.18. The number of fused-ring (bicyclic) bond motifs is 1. The quantitative estimate of drug-likeness (QED) is 0.189. The second kappa shape index (κ2) is 13.9. The van der Waals surface area contributed by atoms with E-state index in [2.05, 4.69) is 32.4 Å². The summed E-state index contributed by atoms with van der Waals surface area (Å²) in [6.45, 7) is 4.36. The van der Waals surface area contributed by atoms with Crippen LogP contribution in [0.3, 0.4) is 0 Å². The molecule has 0 fully saturated rings. The Morgan fingerprint density at radius 2 is 1.90 bits per heavy atom. The first-order chi connectivity index (χ1) is 19.1. The lowest BCUT2D eigenvalue weighted by Crippen LogP contribution is -2.28. The molecule has 10 nitrogen and oxygen atoms in total. The minimum absolute atomic E-state index is 0.149. The molecular formula is C29H32N6O4. The molecule has 0 aliphatic rings. The van der Waals surface area contributed by atoms with E-state index in [9.17, 15) is 4.79 Å². The molecule has 10 heteroatoms. The van der Waals surface area contributed by atoms with Crippen molar-refractivity contribution >= 4 is 23.1 Å². The van der Waals surface area contributed by atoms with Crippen LogP contribution in [0, 0.1) is 18.8 Å². The van der Waals surface area contributed by atoms with Crippen LogP contribution in [-0.4, -0.2) is 66.9 Å². The summed E-state index contributed by atoms with van der Waals surface area (Å²) in [5.74, 6) is 6.95. The van der Waals surface area contributed by atoms with Crippen LogP contribution >= 0.6 is 0 Å². The predicted molar refractivity (Wildman–Crippen MR) is 150 cm³/mol. The summed E-state index contributed by atoms with van der Waals surface area (Å²) >= 11 is 0. The molecule has 0 aliphatic carbocycles. The van der Waals surface area contributed by atoms with E-state index in [1.807, 2.05) is 60.1 Å². The molecular weight excluding hydrogens is 496 g/mol. The van der Waals surface area contributed by atoms with Gasteiger partial charge in [0, 0.05) is 49.4 Å². The molecule has 0 unspecified atom stereocenters. The van der Waals surface area contributed by atoms with Crippen molar-refractivity contribution in [1.82, 2.24) is 19.7 Å². The lowest BCUT2D eigenvalue weighted by Gasteiger charge is -2.12. The van der Waals surface area contributed by atoms with E-state index in [4.69, 9.17) is 19.9 Å². The summed E-state index contributed by atoms with van der Waals surface area (Å²) in [6, 6.07) is 13.3. The van der Waals surface area contributed by atoms with Gasteiger partial charge in [0.15, 0.2) is 11.5 Å². The molecule has 0 atom stereocenters. The zero-order valence-electron chi connectivity index (χ0n) is 22.1. The number of ether oxygens (including phenoxy) is 3. The van der Waals surface area contributed by atoms with Crippen molar-refractivity contribution in [2.75, 3.05) is 51.9 Å². The van der Waals surface area contributed by atoms with Crippen molar-refractivity contribution < 1.29 is 19.0 Å². The summed E-state index contributed by atoms with van der Waals surface area (Å²) in [7, 11) is 1.61. The van der Waals surface area contributed by atoms with E-state index in [1.54, 1.807) is 19.4 Å². The number of hydrogen-bond acceptors (Lipinski definition) is 8. The third-order valence-corrected chi connectivity index (χ3v) is 5.76. The molecule has 4 rings (SSSR count). The van der Waals surface area contributed by atoms with Gasteiger partial charge in [0.2, 0.25) is 0 Å². The highest BCUT2D eigenvalue weighted by molar-refractivity contribution is 5.96. The maximum atomic E-state index is 12.5. The van der Waals surface area contributed by atoms with Crippen LogP contribution in [-0.2, 0) is 9.47 Å². The Balaban J connectivity index is 1.43. The first-order valence-corrected chi connectivity index (χ1v) is 12.5. The van der Waals surface area contributed by atoms with E-state index >= 15 is 0 Å². The van der Waals surface area contributed by atoms with Crippen LogP contribution in [0.1, 0.15) is 15.9 Å². The number of aryl methyl sites for hydroxylation is 1. The smallest absolute Gasteiger partial charge is 0.251 e. The Hall–Kier alpha value is -4.43. The molecule has 4 aromatic rings. The third-order valence-electron chi connectivity index (χ3n) is 5.76. The van der Waals surface area contributed by atoms with Crippen molar-refractivity contribution in [1.29, 1.82) is 0 Å². The fraction of sp³-hybridized carbons (Fsp3) is 0.276. The second-order valence-electron chi connectivity index (χ2n) is 8.52. The van der Waals surface area contributed by atoms with Gasteiger partial charge in [0.05, 0.1) is 25.1 Å². The Labute approximate surface area is 227 Å². The number of amides is 1. The number of rotatable bonds is 12. The fourth-order valence-corrected chi connectivity index (χ4v) is 3.89. The lowest BCUT2D eigenvalue weighted by molar-refractivity contribution is 0.0919. The molecule has 0 radical (unpaired) electrons. The first-order valence-electron chi connectivity index (χ1n) is 12.5. The van der Waals surface area contributed by atoms with Gasteiger partial charge < -0.3 is 30.6 Å². The Bertz CT molecular complexity index is 1460. The van der Waals surface area contributed by atoms with Gasteiger partial charge in [-0.2, -0.15) is 0 Å². The van der Waals surface area contributed by atoms with E-state index < -0.39 is 0 Å². The van der Waals surface area contributed by atoms with Crippen molar-refractivity contribution in [2.45, 2.75) is 6.92 Å². The van der Waals surface area contributed by atoms with E-state index in [0.717, 1.165) is 28.3 Å². The number of carbonyl (C=O) groups is 1. The number of nitrogens with one attached hydrogen (secondary N) is 2. The van der Waals surface area contributed by atoms with Crippen molar-refractivity contribution in [3.05, 3.63) is 72.2 Å². The Morgan fingerprint density at radius 3 is 2.67 bits per heavy atom. The number of hydrogen-bond donors (Lipinski definition) is 3. The molecule has 0 saturated heterocycles. The highest BCUT2D eigenvalue weighted by Crippen LogP contribution is 2.27. The Morgan fingerprint density at radius 1 is 1.08 bits per heavy atom. The maximum Gasteiger partial charge on any atom is 0.251 e. The van der Waals surface area contributed by atoms with Crippen molar-refractivity contribution in [3.63, 3.8) is 0 Å². The Kier molecular flexibility index (Phi) is 9.85. The molecule has 202 valence electrons. The van der Waals surface area contributed by atoms with Gasteiger partial charge in [-0.25, -0.2) is 9.97 Å². The van der Waals surface area contributed by atoms with Crippen LogP contribution in [0.4, 0.5) is 11.5 Å². The molecule has 4 N–H and O–H groups in total. The first kappa shape index (κ1) is 27.6. The zero-order chi connectivity index (χ0) is 27.5. The average Bonchev–Trinajstić information content (AvgIpc) is 3.38. The van der Waals surface area contributed by atoms with Gasteiger partial charge in [-0.15, -0.1) is 0 Å². The highest BCUT2D eigenvalue weighted by atomic mass is 16.5. The van der Waals surface area contributed by atoms with Gasteiger partial charge in [0.25, 0.3) is 5.91 Å². The molecule has 39 heavy (non-hydrogen) atoms. The average molecular weight is 529 g/mol. The number of nitrogens with two attached hydrogens (primary N) is 1. The summed E-state index contributed by atoms with van der Waals surface area (Å²) in [5, 5.41) is 6.19. The maximum absolute atomic E-state index is 12.5. The van der Waals surface area contributed by atoms with E-state index in [1.165, 1.54) is 0 Å². The fourth-order valence-electron chi connectivity index (χ4n) is 3.89. The number of aromatic nitrogens is 3. The van der Waals surface area contributed by atoms with Gasteiger partial charge in [-0.3, -0.25) is 9.20 Å². The molecule has 2 aromatic heterocycles. The largest absolute Gasteiger partial charge is 0.481 e. The molecule has 1 amide bonds. The van der Waals surface area contributed by atoms with Crippen LogP contribution in [0.15, 0.2) is 61.1 Å². The molecule has 0 spiro atoms. The van der Waals surface area contributed by atoms with Gasteiger partial charge >= 0.3 is 0 Å². The number of imidazole rings is 1. The molecule has 0 saturated carbocycles. The van der Waals surface area contributed by atoms with Crippen molar-refractivity contribution in [3.8, 4) is 28.8 Å². The molecule has 0 aliphatic heterocycles. The summed E-state index contributed by atoms with van der Waals surface area (Å²) in [6.07, 6.45) is 5.40. The second-order valence-corrected chi connectivity index (χ2v) is 8.52. The number of nitrogens with zero attached hydrogens (tertiary/aromatic N) is 3. The third kappa shape index (κ3) is 7.33. The number of carbonyl (C=O) groups excluding carboxylic acids is 1. The van der Waals surface area contributed by atoms with Gasteiger partial charge in [-0.1, -0.05) is 11.8 Å². The summed E-state index contributed by atoms with van der Waals surface area (Å²) < 4.78 is 17.8. The molecule has 0 bridgehead atoms. The minimum Gasteiger partial charge on any atom is -0.481 e. The lowest BCUT2D eigenvalue weighted by atomic mass is 10.1. The number of benzene rings is 2. The monoisotopic (exact) mass is 528 g/mol.